The number of aliphatic imine (C=N–C) groups is 1. The molecule has 0 atom stereocenters. The summed E-state index contributed by atoms with van der Waals surface area (Å²) >= 11 is 1.20. The lowest BCUT2D eigenvalue weighted by atomic mass is 10.1. The van der Waals surface area contributed by atoms with Crippen LogP contribution in [-0.2, 0) is 4.79 Å². The van der Waals surface area contributed by atoms with Gasteiger partial charge >= 0.3 is 5.97 Å². The van der Waals surface area contributed by atoms with Gasteiger partial charge in [-0.05, 0) is 72.8 Å². The van der Waals surface area contributed by atoms with Crippen LogP contribution in [0.1, 0.15) is 28.4 Å². The monoisotopic (exact) mass is 527 g/mol. The number of pyridine rings is 1. The van der Waals surface area contributed by atoms with Gasteiger partial charge in [0.15, 0.2) is 17.3 Å². The normalized spacial score (nSPS) is 15.6. The summed E-state index contributed by atoms with van der Waals surface area (Å²) in [6.45, 7) is 2.13. The number of nitrogens with zero attached hydrogens (tertiary/aromatic N) is 4. The van der Waals surface area contributed by atoms with Gasteiger partial charge in [-0.2, -0.15) is 15.1 Å². The Labute approximate surface area is 222 Å². The number of esters is 1. The van der Waals surface area contributed by atoms with Gasteiger partial charge in [0.2, 0.25) is 5.17 Å². The largest absolute Gasteiger partial charge is 0.497 e. The second kappa shape index (κ2) is 10.7. The third kappa shape index (κ3) is 5.04. The molecule has 38 heavy (non-hydrogen) atoms. The summed E-state index contributed by atoms with van der Waals surface area (Å²) in [4.78, 5) is 33.7. The Morgan fingerprint density at radius 3 is 2.76 bits per heavy atom. The molecule has 0 unspecified atom stereocenters. The highest BCUT2D eigenvalue weighted by molar-refractivity contribution is 8.27. The van der Waals surface area contributed by atoms with Gasteiger partial charge in [0.1, 0.15) is 10.8 Å². The molecular formula is C27H21N5O5S. The number of amidine groups is 2. The topological polar surface area (TPSA) is 127 Å². The molecule has 5 rings (SSSR count). The zero-order valence-electron chi connectivity index (χ0n) is 20.4. The molecule has 2 aromatic carbocycles. The highest BCUT2D eigenvalue weighted by atomic mass is 32.2. The highest BCUT2D eigenvalue weighted by Crippen LogP contribution is 2.33. The van der Waals surface area contributed by atoms with E-state index < -0.39 is 11.9 Å². The number of hydrogen-bond acceptors (Lipinski definition) is 9. The van der Waals surface area contributed by atoms with Crippen LogP contribution in [-0.4, -0.2) is 51.6 Å². The molecule has 0 spiro atoms. The van der Waals surface area contributed by atoms with E-state index in [4.69, 9.17) is 19.6 Å². The minimum absolute atomic E-state index is 0.0640. The molecule has 0 bridgehead atoms. The predicted molar refractivity (Wildman–Crippen MR) is 144 cm³/mol. The van der Waals surface area contributed by atoms with Crippen molar-refractivity contribution in [2.75, 3.05) is 13.7 Å². The van der Waals surface area contributed by atoms with Crippen LogP contribution in [0.15, 0.2) is 82.7 Å². The molecule has 2 aliphatic rings. The van der Waals surface area contributed by atoms with Crippen molar-refractivity contribution in [2.24, 2.45) is 10.1 Å². The van der Waals surface area contributed by atoms with Crippen molar-refractivity contribution in [3.05, 3.63) is 89.3 Å². The third-order valence-corrected chi connectivity index (χ3v) is 6.41. The molecule has 0 fully saturated rings. The molecule has 3 aromatic rings. The van der Waals surface area contributed by atoms with Gasteiger partial charge < -0.3 is 14.2 Å². The van der Waals surface area contributed by atoms with Crippen molar-refractivity contribution in [3.8, 4) is 17.2 Å². The Kier molecular flexibility index (Phi) is 7.00. The van der Waals surface area contributed by atoms with Crippen LogP contribution in [0.3, 0.4) is 0 Å². The van der Waals surface area contributed by atoms with E-state index in [2.05, 4.69) is 15.1 Å². The van der Waals surface area contributed by atoms with E-state index in [1.165, 1.54) is 30.0 Å². The molecule has 0 radical (unpaired) electrons. The number of amides is 1. The number of thioether (sulfide) groups is 1. The van der Waals surface area contributed by atoms with E-state index in [1.807, 2.05) is 6.07 Å². The second-order valence-corrected chi connectivity index (χ2v) is 8.88. The zero-order chi connectivity index (χ0) is 26.6. The number of aromatic nitrogens is 1. The summed E-state index contributed by atoms with van der Waals surface area (Å²) in [5, 5.41) is 15.3. The fraction of sp³-hybridized carbons (Fsp3) is 0.111. The minimum atomic E-state index is -0.573. The van der Waals surface area contributed by atoms with Gasteiger partial charge in [-0.1, -0.05) is 12.1 Å². The molecule has 10 nitrogen and oxygen atoms in total. The van der Waals surface area contributed by atoms with E-state index in [0.717, 1.165) is 5.56 Å². The van der Waals surface area contributed by atoms with E-state index in [9.17, 15) is 9.59 Å². The molecule has 1 aromatic heterocycles. The van der Waals surface area contributed by atoms with Crippen LogP contribution in [0.5, 0.6) is 17.2 Å². The van der Waals surface area contributed by atoms with Crippen molar-refractivity contribution in [1.82, 2.24) is 9.99 Å². The first-order valence-corrected chi connectivity index (χ1v) is 12.3. The molecule has 1 N–H and O–H groups in total. The van der Waals surface area contributed by atoms with Crippen molar-refractivity contribution >= 4 is 45.8 Å². The summed E-state index contributed by atoms with van der Waals surface area (Å²) in [6.07, 6.45) is 4.84. The number of benzene rings is 2. The lowest BCUT2D eigenvalue weighted by Gasteiger charge is -2.20. The molecule has 0 aliphatic carbocycles. The van der Waals surface area contributed by atoms with Crippen molar-refractivity contribution in [3.63, 3.8) is 0 Å². The number of hydrogen-bond donors (Lipinski definition) is 1. The fourth-order valence-electron chi connectivity index (χ4n) is 3.64. The highest BCUT2D eigenvalue weighted by Gasteiger charge is 2.36. The Bertz CT molecular complexity index is 1530. The van der Waals surface area contributed by atoms with Gasteiger partial charge in [-0.3, -0.25) is 15.2 Å². The summed E-state index contributed by atoms with van der Waals surface area (Å²) < 4.78 is 16.4. The van der Waals surface area contributed by atoms with E-state index >= 15 is 0 Å². The lowest BCUT2D eigenvalue weighted by Crippen LogP contribution is -2.35. The second-order valence-electron chi connectivity index (χ2n) is 7.93. The molecule has 190 valence electrons. The minimum Gasteiger partial charge on any atom is -0.497 e. The van der Waals surface area contributed by atoms with Gasteiger partial charge in [0, 0.05) is 18.0 Å². The van der Waals surface area contributed by atoms with Crippen LogP contribution in [0, 0.1) is 5.41 Å². The van der Waals surface area contributed by atoms with Crippen molar-refractivity contribution in [1.29, 1.82) is 5.41 Å². The Hall–Kier alpha value is -4.77. The molecule has 3 heterocycles. The van der Waals surface area contributed by atoms with Crippen LogP contribution in [0.25, 0.3) is 6.08 Å². The van der Waals surface area contributed by atoms with Gasteiger partial charge in [0.05, 0.1) is 24.9 Å². The molecule has 11 heteroatoms. The van der Waals surface area contributed by atoms with Crippen LogP contribution < -0.4 is 14.2 Å². The maximum Gasteiger partial charge on any atom is 0.343 e. The first-order chi connectivity index (χ1) is 18.5. The smallest absolute Gasteiger partial charge is 0.343 e. The Morgan fingerprint density at radius 1 is 1.13 bits per heavy atom. The molecule has 0 saturated heterocycles. The van der Waals surface area contributed by atoms with E-state index in [1.54, 1.807) is 67.8 Å². The maximum absolute atomic E-state index is 12.8. The number of carbonyl (C=O) groups is 2. The first kappa shape index (κ1) is 24.9. The number of fused-ring (bicyclic) bond motifs is 1. The fourth-order valence-corrected chi connectivity index (χ4v) is 4.52. The maximum atomic E-state index is 12.8. The number of hydrazone groups is 1. The number of rotatable bonds is 7. The summed E-state index contributed by atoms with van der Waals surface area (Å²) in [5.74, 6) is -0.165. The third-order valence-electron chi connectivity index (χ3n) is 5.45. The van der Waals surface area contributed by atoms with Gasteiger partial charge in [-0.15, -0.1) is 0 Å². The zero-order valence-corrected chi connectivity index (χ0v) is 21.2. The number of nitrogens with one attached hydrogen (secondary N) is 1. The number of ether oxygens (including phenoxy) is 3. The SMILES string of the molecule is CCOc1cc(/C=C2/C(=N)N3N=C(c4cccnc4)SC3=NC2=O)ccc1OC(=O)c1cccc(OC)c1. The molecule has 2 aliphatic heterocycles. The Balaban J connectivity index is 1.40. The number of carbonyl (C=O) groups excluding carboxylic acids is 2. The van der Waals surface area contributed by atoms with Crippen LogP contribution in [0.2, 0.25) is 0 Å². The van der Waals surface area contributed by atoms with Crippen LogP contribution >= 0.6 is 11.8 Å². The molecule has 0 saturated carbocycles. The van der Waals surface area contributed by atoms with E-state index in [-0.39, 0.29) is 17.2 Å². The van der Waals surface area contributed by atoms with E-state index in [0.29, 0.717) is 39.4 Å². The van der Waals surface area contributed by atoms with Crippen LogP contribution in [0.4, 0.5) is 0 Å². The summed E-state index contributed by atoms with van der Waals surface area (Å²) in [5.41, 5.74) is 1.71. The Morgan fingerprint density at radius 2 is 2.00 bits per heavy atom. The first-order valence-electron chi connectivity index (χ1n) is 11.5. The summed E-state index contributed by atoms with van der Waals surface area (Å²) in [7, 11) is 1.52. The van der Waals surface area contributed by atoms with Crippen molar-refractivity contribution < 1.29 is 23.8 Å². The lowest BCUT2D eigenvalue weighted by molar-refractivity contribution is -0.114. The standard InChI is InChI=1S/C27H21N5O5S/c1-3-36-22-13-16(9-10-21(22)37-26(34)17-6-4-8-19(14-17)35-2)12-20-23(28)32-27(30-24(20)33)38-25(31-32)18-7-5-11-29-15-18/h4-15,28H,3H2,1-2H3/b20-12-,28-23?. The average Bonchev–Trinajstić information content (AvgIpc) is 3.37. The summed E-state index contributed by atoms with van der Waals surface area (Å²) in [6, 6.07) is 15.1. The van der Waals surface area contributed by atoms with Crippen molar-refractivity contribution in [2.45, 2.75) is 6.92 Å². The number of methoxy groups -OCH3 is 1. The van der Waals surface area contributed by atoms with Gasteiger partial charge in [0.25, 0.3) is 5.91 Å². The van der Waals surface area contributed by atoms with Gasteiger partial charge in [-0.25, -0.2) is 4.79 Å². The quantitative estimate of drug-likeness (QED) is 0.273. The predicted octanol–water partition coefficient (Wildman–Crippen LogP) is 4.38. The molecule has 1 amide bonds. The average molecular weight is 528 g/mol. The molecular weight excluding hydrogens is 506 g/mol.